The van der Waals surface area contributed by atoms with Crippen LogP contribution in [0, 0.1) is 0 Å². The van der Waals surface area contributed by atoms with Gasteiger partial charge in [-0.25, -0.2) is 9.48 Å². The fourth-order valence-corrected chi connectivity index (χ4v) is 3.87. The Hall–Kier alpha value is -3.88. The van der Waals surface area contributed by atoms with E-state index in [4.69, 9.17) is 0 Å². The van der Waals surface area contributed by atoms with Crippen LogP contribution in [0.5, 0.6) is 0 Å². The van der Waals surface area contributed by atoms with E-state index in [9.17, 15) is 19.2 Å². The maximum Gasteiger partial charge on any atom is 0.321 e. The standard InChI is InChI=1S/C23H25N5O4/c29-20(12-15-28-22(31)19-9-5-4-8-18(19)21(30)26-28)24-17-10-13-27(14-11-17)23(32)25-16-6-2-1-3-7-16/h1-9,17H,10-15H2,(H,24,29)(H,25,32)(H,26,30). The van der Waals surface area contributed by atoms with Crippen molar-refractivity contribution in [1.82, 2.24) is 20.0 Å². The third-order valence-electron chi connectivity index (χ3n) is 5.62. The number of amides is 3. The number of carbonyl (C=O) groups is 2. The lowest BCUT2D eigenvalue weighted by Crippen LogP contribution is -2.48. The molecule has 0 unspecified atom stereocenters. The van der Waals surface area contributed by atoms with Crippen LogP contribution < -0.4 is 21.8 Å². The number of para-hydroxylation sites is 1. The molecule has 2 aromatic carbocycles. The summed E-state index contributed by atoms with van der Waals surface area (Å²) in [6.07, 6.45) is 1.38. The molecule has 1 aromatic heterocycles. The zero-order valence-electron chi connectivity index (χ0n) is 17.5. The van der Waals surface area contributed by atoms with E-state index in [1.54, 1.807) is 29.2 Å². The van der Waals surface area contributed by atoms with Crippen molar-refractivity contribution in [3.63, 3.8) is 0 Å². The molecule has 0 spiro atoms. The van der Waals surface area contributed by atoms with Gasteiger partial charge >= 0.3 is 6.03 Å². The maximum absolute atomic E-state index is 12.5. The molecule has 3 N–H and O–H groups in total. The highest BCUT2D eigenvalue weighted by Gasteiger charge is 2.24. The molecule has 3 amide bonds. The molecular formula is C23H25N5O4. The van der Waals surface area contributed by atoms with Crippen molar-refractivity contribution in [2.45, 2.75) is 31.8 Å². The Morgan fingerprint density at radius 3 is 2.31 bits per heavy atom. The van der Waals surface area contributed by atoms with E-state index < -0.39 is 0 Å². The van der Waals surface area contributed by atoms with Crippen LogP contribution in [0.25, 0.3) is 10.8 Å². The van der Waals surface area contributed by atoms with Gasteiger partial charge in [-0.15, -0.1) is 0 Å². The van der Waals surface area contributed by atoms with E-state index in [0.29, 0.717) is 36.7 Å². The number of nitrogens with zero attached hydrogens (tertiary/aromatic N) is 2. The van der Waals surface area contributed by atoms with Gasteiger partial charge in [0, 0.05) is 31.2 Å². The van der Waals surface area contributed by atoms with E-state index in [1.165, 1.54) is 4.68 Å². The van der Waals surface area contributed by atoms with Gasteiger partial charge in [-0.2, -0.15) is 0 Å². The average Bonchev–Trinajstić information content (AvgIpc) is 2.81. The summed E-state index contributed by atoms with van der Waals surface area (Å²) in [7, 11) is 0. The second-order valence-electron chi connectivity index (χ2n) is 7.82. The van der Waals surface area contributed by atoms with Crippen molar-refractivity contribution in [3.8, 4) is 0 Å². The molecule has 1 aliphatic heterocycles. The Morgan fingerprint density at radius 2 is 1.59 bits per heavy atom. The first-order valence-corrected chi connectivity index (χ1v) is 10.6. The second kappa shape index (κ2) is 9.51. The minimum Gasteiger partial charge on any atom is -0.353 e. The predicted molar refractivity (Wildman–Crippen MR) is 122 cm³/mol. The largest absolute Gasteiger partial charge is 0.353 e. The number of H-pyrrole nitrogens is 1. The monoisotopic (exact) mass is 435 g/mol. The topological polar surface area (TPSA) is 116 Å². The molecule has 0 atom stereocenters. The second-order valence-corrected chi connectivity index (χ2v) is 7.82. The lowest BCUT2D eigenvalue weighted by atomic mass is 10.1. The zero-order chi connectivity index (χ0) is 22.5. The summed E-state index contributed by atoms with van der Waals surface area (Å²) >= 11 is 0. The lowest BCUT2D eigenvalue weighted by Gasteiger charge is -2.32. The number of nitrogens with one attached hydrogen (secondary N) is 3. The molecule has 0 aliphatic carbocycles. The highest BCUT2D eigenvalue weighted by molar-refractivity contribution is 5.89. The summed E-state index contributed by atoms with van der Waals surface area (Å²) in [6.45, 7) is 1.17. The summed E-state index contributed by atoms with van der Waals surface area (Å²) < 4.78 is 1.18. The first kappa shape index (κ1) is 21.4. The van der Waals surface area contributed by atoms with Crippen molar-refractivity contribution in [2.24, 2.45) is 0 Å². The number of aromatic nitrogens is 2. The highest BCUT2D eigenvalue weighted by Crippen LogP contribution is 2.13. The number of urea groups is 1. The average molecular weight is 435 g/mol. The van der Waals surface area contributed by atoms with Gasteiger partial charge in [0.25, 0.3) is 11.1 Å². The van der Waals surface area contributed by atoms with Gasteiger partial charge in [-0.05, 0) is 37.1 Å². The number of fused-ring (bicyclic) bond motifs is 1. The molecular weight excluding hydrogens is 410 g/mol. The van der Waals surface area contributed by atoms with Crippen molar-refractivity contribution < 1.29 is 9.59 Å². The molecule has 9 heteroatoms. The van der Waals surface area contributed by atoms with Crippen LogP contribution in [-0.2, 0) is 11.3 Å². The summed E-state index contributed by atoms with van der Waals surface area (Å²) in [5, 5.41) is 9.03. The number of hydrogen-bond donors (Lipinski definition) is 3. The number of carbonyl (C=O) groups excluding carboxylic acids is 2. The normalized spacial score (nSPS) is 14.3. The summed E-state index contributed by atoms with van der Waals surface area (Å²) in [4.78, 5) is 51.2. The fourth-order valence-electron chi connectivity index (χ4n) is 3.87. The minimum atomic E-state index is -0.359. The zero-order valence-corrected chi connectivity index (χ0v) is 17.5. The molecule has 4 rings (SSSR count). The molecule has 166 valence electrons. The Morgan fingerprint density at radius 1 is 0.938 bits per heavy atom. The number of rotatable bonds is 5. The number of anilines is 1. The minimum absolute atomic E-state index is 0.0318. The SMILES string of the molecule is O=C(CCn1[nH]c(=O)c2ccccc2c1=O)NC1CCN(C(=O)Nc2ccccc2)CC1. The van der Waals surface area contributed by atoms with Gasteiger partial charge in [0.05, 0.1) is 17.3 Å². The number of hydrogen-bond acceptors (Lipinski definition) is 4. The van der Waals surface area contributed by atoms with Crippen LogP contribution in [0.15, 0.2) is 64.2 Å². The van der Waals surface area contributed by atoms with Gasteiger partial charge in [0.1, 0.15) is 0 Å². The van der Waals surface area contributed by atoms with Gasteiger partial charge in [0.15, 0.2) is 0 Å². The van der Waals surface area contributed by atoms with Gasteiger partial charge < -0.3 is 15.5 Å². The Bertz CT molecular complexity index is 1230. The quantitative estimate of drug-likeness (QED) is 0.567. The van der Waals surface area contributed by atoms with E-state index in [2.05, 4.69) is 15.7 Å². The van der Waals surface area contributed by atoms with Crippen molar-refractivity contribution in [3.05, 3.63) is 75.3 Å². The van der Waals surface area contributed by atoms with E-state index >= 15 is 0 Å². The molecule has 1 aliphatic rings. The molecule has 32 heavy (non-hydrogen) atoms. The van der Waals surface area contributed by atoms with E-state index in [1.807, 2.05) is 30.3 Å². The van der Waals surface area contributed by atoms with Gasteiger partial charge in [-0.1, -0.05) is 30.3 Å². The van der Waals surface area contributed by atoms with Gasteiger partial charge in [-0.3, -0.25) is 19.5 Å². The molecule has 9 nitrogen and oxygen atoms in total. The highest BCUT2D eigenvalue weighted by atomic mass is 16.2. The number of likely N-dealkylation sites (tertiary alicyclic amines) is 1. The molecule has 0 bridgehead atoms. The number of benzene rings is 2. The van der Waals surface area contributed by atoms with Crippen LogP contribution in [0.1, 0.15) is 19.3 Å². The molecule has 0 radical (unpaired) electrons. The number of aryl methyl sites for hydroxylation is 1. The van der Waals surface area contributed by atoms with Crippen LogP contribution in [0.4, 0.5) is 10.5 Å². The third kappa shape index (κ3) is 4.88. The Labute approximate surface area is 184 Å². The maximum atomic E-state index is 12.5. The van der Waals surface area contributed by atoms with Crippen molar-refractivity contribution in [2.75, 3.05) is 18.4 Å². The summed E-state index contributed by atoms with van der Waals surface area (Å²) in [5.41, 5.74) is 0.0578. The molecule has 3 aromatic rings. The predicted octanol–water partition coefficient (Wildman–Crippen LogP) is 1.89. The summed E-state index contributed by atoms with van der Waals surface area (Å²) in [6, 6.07) is 15.7. The molecule has 1 saturated heterocycles. The first-order chi connectivity index (χ1) is 15.5. The van der Waals surface area contributed by atoms with Gasteiger partial charge in [0.2, 0.25) is 5.91 Å². The van der Waals surface area contributed by atoms with Crippen molar-refractivity contribution >= 4 is 28.4 Å². The summed E-state index contributed by atoms with van der Waals surface area (Å²) in [5.74, 6) is -0.196. The molecule has 1 fully saturated rings. The van der Waals surface area contributed by atoms with Crippen LogP contribution in [-0.4, -0.2) is 45.8 Å². The Balaban J connectivity index is 1.26. The number of aromatic amines is 1. The fraction of sp³-hybridized carbons (Fsp3) is 0.304. The van der Waals surface area contributed by atoms with E-state index in [0.717, 1.165) is 5.69 Å². The van der Waals surface area contributed by atoms with Crippen molar-refractivity contribution in [1.29, 1.82) is 0 Å². The van der Waals surface area contributed by atoms with Crippen LogP contribution in [0.3, 0.4) is 0 Å². The Kier molecular flexibility index (Phi) is 6.34. The first-order valence-electron chi connectivity index (χ1n) is 10.6. The third-order valence-corrected chi connectivity index (χ3v) is 5.62. The smallest absolute Gasteiger partial charge is 0.321 e. The number of piperidine rings is 1. The van der Waals surface area contributed by atoms with Crippen LogP contribution >= 0.6 is 0 Å². The van der Waals surface area contributed by atoms with Crippen LogP contribution in [0.2, 0.25) is 0 Å². The van der Waals surface area contributed by atoms with E-state index in [-0.39, 0.29) is 42.1 Å². The molecule has 2 heterocycles. The lowest BCUT2D eigenvalue weighted by molar-refractivity contribution is -0.122. The molecule has 0 saturated carbocycles.